The zero-order chi connectivity index (χ0) is 15.1. The number of aliphatic hydroxyl groups is 1. The molecule has 0 unspecified atom stereocenters. The highest BCUT2D eigenvalue weighted by Crippen LogP contribution is 2.20. The molecule has 3 heteroatoms. The minimum Gasteiger partial charge on any atom is -0.396 e. The number of aliphatic hydroxyl groups excluding tert-OH is 1. The largest absolute Gasteiger partial charge is 0.396 e. The van der Waals surface area contributed by atoms with E-state index in [9.17, 15) is 0 Å². The van der Waals surface area contributed by atoms with Gasteiger partial charge in [-0.1, -0.05) is 32.0 Å². The molecule has 0 bridgehead atoms. The van der Waals surface area contributed by atoms with Gasteiger partial charge in [-0.25, -0.2) is 0 Å². The highest BCUT2D eigenvalue weighted by molar-refractivity contribution is 5.63. The summed E-state index contributed by atoms with van der Waals surface area (Å²) in [6.45, 7) is 6.32. The molecule has 0 aliphatic rings. The normalized spacial score (nSPS) is 11.6. The van der Waals surface area contributed by atoms with E-state index >= 15 is 0 Å². The molecule has 3 nitrogen and oxygen atoms in total. The fraction of sp³-hybridized carbons (Fsp3) is 0.389. The molecule has 0 fully saturated rings. The third-order valence-electron chi connectivity index (χ3n) is 3.66. The van der Waals surface area contributed by atoms with Crippen LogP contribution in [0.4, 0.5) is 0 Å². The Labute approximate surface area is 127 Å². The number of nitrogens with one attached hydrogen (secondary N) is 1. The molecule has 0 aliphatic carbocycles. The Morgan fingerprint density at radius 2 is 1.86 bits per heavy atom. The Kier molecular flexibility index (Phi) is 5.48. The third-order valence-corrected chi connectivity index (χ3v) is 3.66. The first-order valence-electron chi connectivity index (χ1n) is 7.42. The summed E-state index contributed by atoms with van der Waals surface area (Å²) in [6, 6.07) is 12.6. The van der Waals surface area contributed by atoms with Crippen molar-refractivity contribution in [2.24, 2.45) is 5.41 Å². The molecule has 0 atom stereocenters. The standard InChI is InChI=1S/C18H24N2O/c1-18(2,8-11-21)14-20-13-15-4-3-5-17(12-15)16-6-9-19-10-7-16/h3-7,9-10,12,20-21H,8,11,13-14H2,1-2H3. The maximum Gasteiger partial charge on any atom is 0.0436 e. The summed E-state index contributed by atoms with van der Waals surface area (Å²) in [4.78, 5) is 4.05. The Morgan fingerprint density at radius 3 is 2.57 bits per heavy atom. The lowest BCUT2D eigenvalue weighted by Gasteiger charge is -2.24. The molecule has 1 heterocycles. The minimum absolute atomic E-state index is 0.122. The van der Waals surface area contributed by atoms with Crippen LogP contribution in [0.2, 0.25) is 0 Å². The van der Waals surface area contributed by atoms with Crippen LogP contribution in [0, 0.1) is 5.41 Å². The molecule has 0 saturated carbocycles. The van der Waals surface area contributed by atoms with Crippen LogP contribution in [0.15, 0.2) is 48.8 Å². The number of pyridine rings is 1. The molecule has 2 rings (SSSR count). The van der Waals surface area contributed by atoms with E-state index < -0.39 is 0 Å². The van der Waals surface area contributed by atoms with Crippen LogP contribution >= 0.6 is 0 Å². The van der Waals surface area contributed by atoms with E-state index in [-0.39, 0.29) is 12.0 Å². The average Bonchev–Trinajstić information content (AvgIpc) is 2.48. The molecular weight excluding hydrogens is 260 g/mol. The van der Waals surface area contributed by atoms with Gasteiger partial charge in [-0.3, -0.25) is 4.98 Å². The molecular formula is C18H24N2O. The predicted molar refractivity (Wildman–Crippen MR) is 86.9 cm³/mol. The van der Waals surface area contributed by atoms with Crippen LogP contribution in [0.5, 0.6) is 0 Å². The fourth-order valence-electron chi connectivity index (χ4n) is 2.34. The summed E-state index contributed by atoms with van der Waals surface area (Å²) in [6.07, 6.45) is 4.45. The monoisotopic (exact) mass is 284 g/mol. The second-order valence-corrected chi connectivity index (χ2v) is 6.18. The van der Waals surface area contributed by atoms with Crippen LogP contribution in [-0.4, -0.2) is 23.2 Å². The van der Waals surface area contributed by atoms with Crippen molar-refractivity contribution in [3.63, 3.8) is 0 Å². The summed E-state index contributed by atoms with van der Waals surface area (Å²) in [5.74, 6) is 0. The lowest BCUT2D eigenvalue weighted by Crippen LogP contribution is -2.29. The second kappa shape index (κ2) is 7.34. The van der Waals surface area contributed by atoms with Gasteiger partial charge in [0.25, 0.3) is 0 Å². The van der Waals surface area contributed by atoms with Gasteiger partial charge in [-0.05, 0) is 46.7 Å². The van der Waals surface area contributed by atoms with Crippen molar-refractivity contribution < 1.29 is 5.11 Å². The summed E-state index contributed by atoms with van der Waals surface area (Å²) < 4.78 is 0. The molecule has 0 spiro atoms. The molecule has 2 aromatic rings. The van der Waals surface area contributed by atoms with Crippen LogP contribution in [-0.2, 0) is 6.54 Å². The van der Waals surface area contributed by atoms with Crippen molar-refractivity contribution in [3.05, 3.63) is 54.4 Å². The van der Waals surface area contributed by atoms with Crippen molar-refractivity contribution in [3.8, 4) is 11.1 Å². The van der Waals surface area contributed by atoms with Gasteiger partial charge in [-0.2, -0.15) is 0 Å². The zero-order valence-electron chi connectivity index (χ0n) is 12.8. The van der Waals surface area contributed by atoms with Gasteiger partial charge in [0.1, 0.15) is 0 Å². The quantitative estimate of drug-likeness (QED) is 0.820. The first-order valence-corrected chi connectivity index (χ1v) is 7.42. The SMILES string of the molecule is CC(C)(CCO)CNCc1cccc(-c2ccncc2)c1. The van der Waals surface area contributed by atoms with Crippen molar-refractivity contribution >= 4 is 0 Å². The number of nitrogens with zero attached hydrogens (tertiary/aromatic N) is 1. The van der Waals surface area contributed by atoms with E-state index in [2.05, 4.69) is 48.4 Å². The molecule has 0 saturated heterocycles. The number of rotatable bonds is 7. The first-order chi connectivity index (χ1) is 10.1. The van der Waals surface area contributed by atoms with E-state index in [0.29, 0.717) is 0 Å². The van der Waals surface area contributed by atoms with Gasteiger partial charge in [0.05, 0.1) is 0 Å². The molecule has 1 aromatic heterocycles. The van der Waals surface area contributed by atoms with Gasteiger partial charge in [0.15, 0.2) is 0 Å². The number of hydrogen-bond acceptors (Lipinski definition) is 3. The summed E-state index contributed by atoms with van der Waals surface area (Å²) in [5.41, 5.74) is 3.79. The van der Waals surface area contributed by atoms with Crippen molar-refractivity contribution in [2.75, 3.05) is 13.2 Å². The van der Waals surface area contributed by atoms with E-state index in [1.54, 1.807) is 0 Å². The van der Waals surface area contributed by atoms with Crippen LogP contribution < -0.4 is 5.32 Å². The van der Waals surface area contributed by atoms with Gasteiger partial charge < -0.3 is 10.4 Å². The fourth-order valence-corrected chi connectivity index (χ4v) is 2.34. The summed E-state index contributed by atoms with van der Waals surface area (Å²) in [7, 11) is 0. The van der Waals surface area contributed by atoms with E-state index in [0.717, 1.165) is 19.5 Å². The number of hydrogen-bond donors (Lipinski definition) is 2. The van der Waals surface area contributed by atoms with E-state index in [1.807, 2.05) is 24.5 Å². The van der Waals surface area contributed by atoms with Crippen molar-refractivity contribution in [2.45, 2.75) is 26.8 Å². The van der Waals surface area contributed by atoms with Gasteiger partial charge in [0, 0.05) is 32.1 Å². The molecule has 21 heavy (non-hydrogen) atoms. The van der Waals surface area contributed by atoms with Gasteiger partial charge >= 0.3 is 0 Å². The summed E-state index contributed by atoms with van der Waals surface area (Å²) >= 11 is 0. The number of benzene rings is 1. The third kappa shape index (κ3) is 4.96. The maximum absolute atomic E-state index is 9.05. The Hall–Kier alpha value is -1.71. The van der Waals surface area contributed by atoms with Crippen LogP contribution in [0.1, 0.15) is 25.8 Å². The maximum atomic E-state index is 9.05. The topological polar surface area (TPSA) is 45.1 Å². The highest BCUT2D eigenvalue weighted by atomic mass is 16.3. The first kappa shape index (κ1) is 15.7. The molecule has 112 valence electrons. The molecule has 0 radical (unpaired) electrons. The lowest BCUT2D eigenvalue weighted by molar-refractivity contribution is 0.207. The number of aromatic nitrogens is 1. The zero-order valence-corrected chi connectivity index (χ0v) is 12.8. The van der Waals surface area contributed by atoms with Crippen LogP contribution in [0.3, 0.4) is 0 Å². The molecule has 1 aromatic carbocycles. The molecule has 0 aliphatic heterocycles. The predicted octanol–water partition coefficient (Wildman–Crippen LogP) is 3.25. The Morgan fingerprint density at radius 1 is 1.10 bits per heavy atom. The highest BCUT2D eigenvalue weighted by Gasteiger charge is 2.16. The second-order valence-electron chi connectivity index (χ2n) is 6.18. The van der Waals surface area contributed by atoms with Gasteiger partial charge in [0.2, 0.25) is 0 Å². The van der Waals surface area contributed by atoms with Gasteiger partial charge in [-0.15, -0.1) is 0 Å². The summed E-state index contributed by atoms with van der Waals surface area (Å²) in [5, 5.41) is 12.5. The lowest BCUT2D eigenvalue weighted by atomic mass is 9.89. The Bertz CT molecular complexity index is 552. The van der Waals surface area contributed by atoms with E-state index in [1.165, 1.54) is 16.7 Å². The molecule has 2 N–H and O–H groups in total. The average molecular weight is 284 g/mol. The van der Waals surface area contributed by atoms with Crippen molar-refractivity contribution in [1.82, 2.24) is 10.3 Å². The molecule has 0 amide bonds. The minimum atomic E-state index is 0.122. The van der Waals surface area contributed by atoms with Crippen LogP contribution in [0.25, 0.3) is 11.1 Å². The van der Waals surface area contributed by atoms with E-state index in [4.69, 9.17) is 5.11 Å². The Balaban J connectivity index is 1.96. The smallest absolute Gasteiger partial charge is 0.0436 e. The van der Waals surface area contributed by atoms with Crippen molar-refractivity contribution in [1.29, 1.82) is 0 Å².